The van der Waals surface area contributed by atoms with E-state index in [0.717, 1.165) is 43.7 Å². The third-order valence-electron chi connectivity index (χ3n) is 4.06. The minimum Gasteiger partial charge on any atom is -0.495 e. The number of methoxy groups -OCH3 is 1. The Morgan fingerprint density at radius 1 is 1.29 bits per heavy atom. The fraction of sp³-hybridized carbons (Fsp3) is 0.105. The van der Waals surface area contributed by atoms with Crippen LogP contribution in [-0.2, 0) is 0 Å². The average Bonchev–Trinajstić information content (AvgIpc) is 3.09. The summed E-state index contributed by atoms with van der Waals surface area (Å²) in [6.45, 7) is 1.97. The molecule has 1 radical (unpaired) electrons. The van der Waals surface area contributed by atoms with Crippen molar-refractivity contribution >= 4 is 43.7 Å². The van der Waals surface area contributed by atoms with Crippen molar-refractivity contribution < 1.29 is 4.74 Å². The summed E-state index contributed by atoms with van der Waals surface area (Å²) in [5.41, 5.74) is 3.41. The smallest absolute Gasteiger partial charge is 0.266 e. The summed E-state index contributed by atoms with van der Waals surface area (Å²) in [5, 5.41) is 7.22. The molecule has 2 aromatic carbocycles. The minimum atomic E-state index is -0.0574. The summed E-state index contributed by atoms with van der Waals surface area (Å²) in [7, 11) is 1.65. The zero-order chi connectivity index (χ0) is 16.7. The summed E-state index contributed by atoms with van der Waals surface area (Å²) >= 11 is 1.44. The van der Waals surface area contributed by atoms with E-state index in [0.29, 0.717) is 0 Å². The van der Waals surface area contributed by atoms with Gasteiger partial charge in [-0.25, -0.2) is 0 Å². The molecule has 0 amide bonds. The highest BCUT2D eigenvalue weighted by Crippen LogP contribution is 2.40. The quantitative estimate of drug-likeness (QED) is 0.575. The molecule has 0 bridgehead atoms. The van der Waals surface area contributed by atoms with Crippen molar-refractivity contribution in [2.75, 3.05) is 12.4 Å². The van der Waals surface area contributed by atoms with Crippen LogP contribution >= 0.6 is 11.3 Å². The Morgan fingerprint density at radius 3 is 2.92 bits per heavy atom. The van der Waals surface area contributed by atoms with Crippen LogP contribution in [0.1, 0.15) is 5.56 Å². The Labute approximate surface area is 142 Å². The maximum absolute atomic E-state index is 12.3. The number of aromatic amines is 1. The number of hydrogen-bond donors (Lipinski definition) is 2. The van der Waals surface area contributed by atoms with Gasteiger partial charge in [-0.2, -0.15) is 0 Å². The first-order valence-corrected chi connectivity index (χ1v) is 8.41. The molecule has 0 aliphatic rings. The molecule has 0 aliphatic heterocycles. The van der Waals surface area contributed by atoms with Crippen LogP contribution in [0.25, 0.3) is 21.0 Å². The molecular formula is C19H15N2O2S. The van der Waals surface area contributed by atoms with Crippen molar-refractivity contribution in [1.82, 2.24) is 4.98 Å². The molecule has 0 unspecified atom stereocenters. The van der Waals surface area contributed by atoms with Gasteiger partial charge in [0.25, 0.3) is 5.56 Å². The number of anilines is 2. The van der Waals surface area contributed by atoms with Gasteiger partial charge in [-0.3, -0.25) is 4.79 Å². The monoisotopic (exact) mass is 335 g/mol. The van der Waals surface area contributed by atoms with Gasteiger partial charge in [-0.15, -0.1) is 11.3 Å². The standard InChI is InChI=1S/C19H15N2O2S/c1-11-10-14(23-2)17(20-12-6-4-3-5-7-12)15-13-8-9-24-18(13)19(22)21-16(11)15/h3-6,8-10,20H,1-2H3,(H,21,22). The molecule has 4 nitrogen and oxygen atoms in total. The number of H-pyrrole nitrogens is 1. The summed E-state index contributed by atoms with van der Waals surface area (Å²) in [5.74, 6) is 0.733. The van der Waals surface area contributed by atoms with Crippen LogP contribution < -0.4 is 15.6 Å². The van der Waals surface area contributed by atoms with E-state index in [4.69, 9.17) is 4.74 Å². The fourth-order valence-corrected chi connectivity index (χ4v) is 3.76. The van der Waals surface area contributed by atoms with Crippen molar-refractivity contribution in [3.05, 3.63) is 63.8 Å². The van der Waals surface area contributed by atoms with Crippen molar-refractivity contribution in [3.8, 4) is 5.75 Å². The lowest BCUT2D eigenvalue weighted by molar-refractivity contribution is 0.417. The number of pyridine rings is 1. The second kappa shape index (κ2) is 5.69. The second-order valence-corrected chi connectivity index (χ2v) is 6.46. The third-order valence-corrected chi connectivity index (χ3v) is 4.97. The van der Waals surface area contributed by atoms with E-state index in [-0.39, 0.29) is 5.56 Å². The van der Waals surface area contributed by atoms with Crippen molar-refractivity contribution in [3.63, 3.8) is 0 Å². The molecule has 0 saturated heterocycles. The predicted octanol–water partition coefficient (Wildman–Crippen LogP) is 4.60. The van der Waals surface area contributed by atoms with Crippen LogP contribution in [0.5, 0.6) is 5.75 Å². The molecule has 0 atom stereocenters. The van der Waals surface area contributed by atoms with Crippen LogP contribution in [0.15, 0.2) is 46.6 Å². The predicted molar refractivity (Wildman–Crippen MR) is 99.8 cm³/mol. The molecular weight excluding hydrogens is 320 g/mol. The summed E-state index contributed by atoms with van der Waals surface area (Å²) in [4.78, 5) is 15.3. The van der Waals surface area contributed by atoms with Crippen LogP contribution in [-0.4, -0.2) is 12.1 Å². The maximum Gasteiger partial charge on any atom is 0.266 e. The molecule has 0 spiro atoms. The molecule has 2 aromatic heterocycles. The highest BCUT2D eigenvalue weighted by Gasteiger charge is 2.17. The number of para-hydroxylation sites is 1. The summed E-state index contributed by atoms with van der Waals surface area (Å²) in [6.07, 6.45) is 0. The Hall–Kier alpha value is -2.79. The third kappa shape index (κ3) is 2.25. The van der Waals surface area contributed by atoms with Crippen molar-refractivity contribution in [1.29, 1.82) is 0 Å². The van der Waals surface area contributed by atoms with E-state index >= 15 is 0 Å². The van der Waals surface area contributed by atoms with Crippen LogP contribution in [0.2, 0.25) is 0 Å². The van der Waals surface area contributed by atoms with E-state index in [1.807, 2.05) is 48.7 Å². The molecule has 2 heterocycles. The van der Waals surface area contributed by atoms with Gasteiger partial charge < -0.3 is 15.0 Å². The van der Waals surface area contributed by atoms with Crippen LogP contribution in [0.3, 0.4) is 0 Å². The van der Waals surface area contributed by atoms with Gasteiger partial charge in [0, 0.05) is 22.5 Å². The average molecular weight is 335 g/mol. The molecule has 119 valence electrons. The van der Waals surface area contributed by atoms with Crippen LogP contribution in [0, 0.1) is 13.0 Å². The molecule has 5 heteroatoms. The highest BCUT2D eigenvalue weighted by molar-refractivity contribution is 7.17. The fourth-order valence-electron chi connectivity index (χ4n) is 2.96. The lowest BCUT2D eigenvalue weighted by atomic mass is 10.0. The number of ether oxygens (including phenoxy) is 1. The first-order valence-electron chi connectivity index (χ1n) is 7.53. The van der Waals surface area contributed by atoms with Gasteiger partial charge in [-0.05, 0) is 36.1 Å². The number of thiophene rings is 1. The zero-order valence-electron chi connectivity index (χ0n) is 13.3. The SMILES string of the molecule is COc1cc(C)c2[nH]c(=O)c3sccc3c2c1Nc1[c]cccc1. The zero-order valence-corrected chi connectivity index (χ0v) is 14.1. The Balaban J connectivity index is 2.11. The van der Waals surface area contributed by atoms with E-state index < -0.39 is 0 Å². The molecule has 0 fully saturated rings. The molecule has 0 aliphatic carbocycles. The summed E-state index contributed by atoms with van der Waals surface area (Å²) < 4.78 is 6.32. The first kappa shape index (κ1) is 14.8. The van der Waals surface area contributed by atoms with Gasteiger partial charge in [0.15, 0.2) is 0 Å². The van der Waals surface area contributed by atoms with Crippen molar-refractivity contribution in [2.45, 2.75) is 6.92 Å². The molecule has 24 heavy (non-hydrogen) atoms. The number of fused-ring (bicyclic) bond motifs is 3. The number of aryl methyl sites for hydroxylation is 1. The van der Waals surface area contributed by atoms with Gasteiger partial charge in [0.1, 0.15) is 10.4 Å². The molecule has 4 rings (SSSR count). The van der Waals surface area contributed by atoms with Gasteiger partial charge in [-0.1, -0.05) is 18.2 Å². The lowest BCUT2D eigenvalue weighted by Gasteiger charge is -2.16. The highest BCUT2D eigenvalue weighted by atomic mass is 32.1. The largest absolute Gasteiger partial charge is 0.495 e. The van der Waals surface area contributed by atoms with Crippen molar-refractivity contribution in [2.24, 2.45) is 0 Å². The molecule has 2 N–H and O–H groups in total. The lowest BCUT2D eigenvalue weighted by Crippen LogP contribution is -2.07. The van der Waals surface area contributed by atoms with Gasteiger partial charge in [0.05, 0.1) is 18.3 Å². The normalized spacial score (nSPS) is 11.1. The van der Waals surface area contributed by atoms with E-state index in [2.05, 4.69) is 16.4 Å². The van der Waals surface area contributed by atoms with Gasteiger partial charge >= 0.3 is 0 Å². The Morgan fingerprint density at radius 2 is 2.17 bits per heavy atom. The first-order chi connectivity index (χ1) is 11.7. The number of nitrogens with one attached hydrogen (secondary N) is 2. The van der Waals surface area contributed by atoms with E-state index in [9.17, 15) is 4.79 Å². The maximum atomic E-state index is 12.3. The Kier molecular flexibility index (Phi) is 3.50. The topological polar surface area (TPSA) is 54.1 Å². The van der Waals surface area contributed by atoms with Gasteiger partial charge in [0.2, 0.25) is 0 Å². The number of benzene rings is 2. The number of aromatic nitrogens is 1. The molecule has 0 saturated carbocycles. The number of rotatable bonds is 3. The molecule has 4 aromatic rings. The van der Waals surface area contributed by atoms with Crippen LogP contribution in [0.4, 0.5) is 11.4 Å². The van der Waals surface area contributed by atoms with E-state index in [1.54, 1.807) is 7.11 Å². The number of hydrogen-bond acceptors (Lipinski definition) is 4. The summed E-state index contributed by atoms with van der Waals surface area (Å²) in [6, 6.07) is 14.7. The second-order valence-electron chi connectivity index (χ2n) is 5.54. The van der Waals surface area contributed by atoms with E-state index in [1.165, 1.54) is 11.3 Å². The minimum absolute atomic E-state index is 0.0574. The Bertz CT molecular complexity index is 1100.